The minimum atomic E-state index is -0.554. The van der Waals surface area contributed by atoms with Gasteiger partial charge in [-0.3, -0.25) is 9.78 Å². The van der Waals surface area contributed by atoms with Gasteiger partial charge in [0, 0.05) is 12.4 Å². The lowest BCUT2D eigenvalue weighted by molar-refractivity contribution is 0.107. The van der Waals surface area contributed by atoms with E-state index in [-0.39, 0.29) is 5.69 Å². The highest BCUT2D eigenvalue weighted by molar-refractivity contribution is 6.67. The zero-order valence-electron chi connectivity index (χ0n) is 6.86. The average Bonchev–Trinajstić information content (AvgIpc) is 2.46. The normalized spacial score (nSPS) is 10.6. The van der Waals surface area contributed by atoms with Gasteiger partial charge in [-0.05, 0) is 18.5 Å². The van der Waals surface area contributed by atoms with Gasteiger partial charge in [0.2, 0.25) is 0 Å². The monoisotopic (exact) mass is 195 g/mol. The number of halogens is 1. The maximum absolute atomic E-state index is 10.8. The summed E-state index contributed by atoms with van der Waals surface area (Å²) in [6, 6.07) is 0. The Balaban J connectivity index is 2.68. The molecule has 0 aliphatic rings. The maximum atomic E-state index is 10.8. The van der Waals surface area contributed by atoms with Gasteiger partial charge in [0.05, 0.1) is 11.9 Å². The molecule has 2 aromatic heterocycles. The van der Waals surface area contributed by atoms with Gasteiger partial charge < -0.3 is 4.40 Å². The second-order valence-electron chi connectivity index (χ2n) is 2.69. The molecule has 0 amide bonds. The van der Waals surface area contributed by atoms with Crippen molar-refractivity contribution in [2.75, 3.05) is 0 Å². The number of carbonyl (C=O) groups is 1. The van der Waals surface area contributed by atoms with Crippen LogP contribution in [-0.2, 0) is 0 Å². The van der Waals surface area contributed by atoms with E-state index in [1.165, 1.54) is 0 Å². The predicted molar refractivity (Wildman–Crippen MR) is 47.9 cm³/mol. The van der Waals surface area contributed by atoms with Crippen molar-refractivity contribution in [3.05, 3.63) is 30.0 Å². The average molecular weight is 196 g/mol. The van der Waals surface area contributed by atoms with Crippen molar-refractivity contribution < 1.29 is 4.79 Å². The number of rotatable bonds is 1. The lowest BCUT2D eigenvalue weighted by Crippen LogP contribution is -1.87. The van der Waals surface area contributed by atoms with E-state index >= 15 is 0 Å². The van der Waals surface area contributed by atoms with Gasteiger partial charge in [0.25, 0.3) is 5.24 Å². The first kappa shape index (κ1) is 8.19. The van der Waals surface area contributed by atoms with Crippen LogP contribution in [0.5, 0.6) is 0 Å². The first-order chi connectivity index (χ1) is 6.16. The molecule has 2 rings (SSSR count). The van der Waals surface area contributed by atoms with E-state index in [0.29, 0.717) is 5.65 Å². The topological polar surface area (TPSA) is 47.3 Å². The van der Waals surface area contributed by atoms with Crippen LogP contribution in [0.3, 0.4) is 0 Å². The molecule has 0 aliphatic carbocycles. The van der Waals surface area contributed by atoms with E-state index in [4.69, 9.17) is 11.6 Å². The minimum absolute atomic E-state index is 0.245. The van der Waals surface area contributed by atoms with E-state index in [9.17, 15) is 4.79 Å². The molecule has 66 valence electrons. The second kappa shape index (κ2) is 2.81. The lowest BCUT2D eigenvalue weighted by atomic mass is 10.5. The van der Waals surface area contributed by atoms with Crippen molar-refractivity contribution in [3.8, 4) is 0 Å². The molecule has 0 aromatic carbocycles. The van der Waals surface area contributed by atoms with Crippen molar-refractivity contribution in [1.82, 2.24) is 14.4 Å². The SMILES string of the molecule is Cc1cn2cc(C(=O)Cl)nc2cn1. The quantitative estimate of drug-likeness (QED) is 0.647. The number of hydrogen-bond acceptors (Lipinski definition) is 3. The molecule has 0 spiro atoms. The summed E-state index contributed by atoms with van der Waals surface area (Å²) in [5.74, 6) is 0. The fraction of sp³-hybridized carbons (Fsp3) is 0.125. The Kier molecular flexibility index (Phi) is 1.77. The van der Waals surface area contributed by atoms with Crippen LogP contribution in [0.1, 0.15) is 16.2 Å². The van der Waals surface area contributed by atoms with E-state index in [1.807, 2.05) is 6.92 Å². The number of hydrogen-bond donors (Lipinski definition) is 0. The Morgan fingerprint density at radius 3 is 3.00 bits per heavy atom. The van der Waals surface area contributed by atoms with Crippen LogP contribution in [0.2, 0.25) is 0 Å². The van der Waals surface area contributed by atoms with Crippen molar-refractivity contribution in [3.63, 3.8) is 0 Å². The van der Waals surface area contributed by atoms with E-state index in [0.717, 1.165) is 5.69 Å². The van der Waals surface area contributed by atoms with Gasteiger partial charge >= 0.3 is 0 Å². The molecule has 4 nitrogen and oxygen atoms in total. The van der Waals surface area contributed by atoms with Crippen LogP contribution in [0.25, 0.3) is 5.65 Å². The summed E-state index contributed by atoms with van der Waals surface area (Å²) in [7, 11) is 0. The first-order valence-electron chi connectivity index (χ1n) is 3.68. The summed E-state index contributed by atoms with van der Waals surface area (Å²) in [5.41, 5.74) is 1.72. The number of carbonyl (C=O) groups excluding carboxylic acids is 1. The fourth-order valence-electron chi connectivity index (χ4n) is 1.10. The van der Waals surface area contributed by atoms with Crippen LogP contribution in [0.15, 0.2) is 18.6 Å². The molecule has 5 heteroatoms. The summed E-state index contributed by atoms with van der Waals surface area (Å²) in [6.45, 7) is 1.86. The van der Waals surface area contributed by atoms with E-state index in [2.05, 4.69) is 9.97 Å². The zero-order chi connectivity index (χ0) is 9.42. The second-order valence-corrected chi connectivity index (χ2v) is 3.04. The summed E-state index contributed by atoms with van der Waals surface area (Å²) >= 11 is 5.28. The van der Waals surface area contributed by atoms with E-state index in [1.54, 1.807) is 23.0 Å². The molecule has 2 aromatic rings. The highest BCUT2D eigenvalue weighted by Gasteiger charge is 2.07. The number of aromatic nitrogens is 3. The standard InChI is InChI=1S/C8H6ClN3O/c1-5-3-12-4-6(8(9)13)11-7(12)2-10-5/h2-4H,1H3. The molecular formula is C8H6ClN3O. The third-order valence-electron chi connectivity index (χ3n) is 1.67. The molecule has 0 aliphatic heterocycles. The van der Waals surface area contributed by atoms with Crippen molar-refractivity contribution in [2.24, 2.45) is 0 Å². The van der Waals surface area contributed by atoms with Crippen LogP contribution in [0.4, 0.5) is 0 Å². The Hall–Kier alpha value is -1.42. The fourth-order valence-corrected chi connectivity index (χ4v) is 1.19. The summed E-state index contributed by atoms with van der Waals surface area (Å²) in [4.78, 5) is 18.8. The molecule has 0 N–H and O–H groups in total. The third kappa shape index (κ3) is 1.40. The van der Waals surface area contributed by atoms with Crippen LogP contribution in [-0.4, -0.2) is 19.6 Å². The lowest BCUT2D eigenvalue weighted by Gasteiger charge is -1.92. The summed E-state index contributed by atoms with van der Waals surface area (Å²) in [6.07, 6.45) is 4.96. The number of imidazole rings is 1. The minimum Gasteiger partial charge on any atom is -0.303 e. The van der Waals surface area contributed by atoms with E-state index < -0.39 is 5.24 Å². The highest BCUT2D eigenvalue weighted by Crippen LogP contribution is 2.06. The third-order valence-corrected chi connectivity index (χ3v) is 1.87. The largest absolute Gasteiger partial charge is 0.303 e. The van der Waals surface area contributed by atoms with Gasteiger partial charge in [-0.15, -0.1) is 0 Å². The number of nitrogens with zero attached hydrogens (tertiary/aromatic N) is 3. The van der Waals surface area contributed by atoms with Crippen molar-refractivity contribution in [1.29, 1.82) is 0 Å². The van der Waals surface area contributed by atoms with Crippen molar-refractivity contribution >= 4 is 22.5 Å². The highest BCUT2D eigenvalue weighted by atomic mass is 35.5. The predicted octanol–water partition coefficient (Wildman–Crippen LogP) is 1.42. The van der Waals surface area contributed by atoms with Gasteiger partial charge in [-0.1, -0.05) is 0 Å². The Morgan fingerprint density at radius 1 is 1.54 bits per heavy atom. The molecular weight excluding hydrogens is 190 g/mol. The maximum Gasteiger partial charge on any atom is 0.272 e. The Morgan fingerprint density at radius 2 is 2.31 bits per heavy atom. The molecule has 2 heterocycles. The molecule has 0 atom stereocenters. The molecule has 0 radical (unpaired) electrons. The number of fused-ring (bicyclic) bond motifs is 1. The molecule has 0 unspecified atom stereocenters. The van der Waals surface area contributed by atoms with Gasteiger partial charge in [0.15, 0.2) is 5.65 Å². The number of aryl methyl sites for hydroxylation is 1. The molecule has 13 heavy (non-hydrogen) atoms. The van der Waals surface area contributed by atoms with Crippen LogP contribution in [0, 0.1) is 6.92 Å². The first-order valence-corrected chi connectivity index (χ1v) is 4.06. The smallest absolute Gasteiger partial charge is 0.272 e. The Bertz CT molecular complexity index is 477. The van der Waals surface area contributed by atoms with Gasteiger partial charge in [0.1, 0.15) is 5.69 Å². The summed E-state index contributed by atoms with van der Waals surface area (Å²) in [5, 5.41) is -0.554. The zero-order valence-corrected chi connectivity index (χ0v) is 7.62. The van der Waals surface area contributed by atoms with Gasteiger partial charge in [-0.2, -0.15) is 0 Å². The Labute approximate surface area is 79.2 Å². The molecule has 0 fully saturated rings. The van der Waals surface area contributed by atoms with Gasteiger partial charge in [-0.25, -0.2) is 4.98 Å². The molecule has 0 saturated heterocycles. The molecule has 0 saturated carbocycles. The molecule has 0 bridgehead atoms. The van der Waals surface area contributed by atoms with Crippen LogP contribution >= 0.6 is 11.6 Å². The van der Waals surface area contributed by atoms with Crippen LogP contribution < -0.4 is 0 Å². The van der Waals surface area contributed by atoms with Crippen molar-refractivity contribution in [2.45, 2.75) is 6.92 Å². The summed E-state index contributed by atoms with van der Waals surface area (Å²) < 4.78 is 1.72.